The highest BCUT2D eigenvalue weighted by atomic mass is 16.5. The van der Waals surface area contributed by atoms with Crippen LogP contribution >= 0.6 is 0 Å². The number of ether oxygens (including phenoxy) is 2. The molecule has 0 N–H and O–H groups in total. The quantitative estimate of drug-likeness (QED) is 0.865. The van der Waals surface area contributed by atoms with Gasteiger partial charge in [0.15, 0.2) is 0 Å². The largest absolute Gasteiger partial charge is 0.496 e. The van der Waals surface area contributed by atoms with E-state index in [9.17, 15) is 0 Å². The van der Waals surface area contributed by atoms with E-state index in [-0.39, 0.29) is 0 Å². The summed E-state index contributed by atoms with van der Waals surface area (Å²) in [7, 11) is 1.68. The van der Waals surface area contributed by atoms with Crippen LogP contribution in [0.2, 0.25) is 0 Å². The molecule has 1 aromatic carbocycles. The van der Waals surface area contributed by atoms with Crippen molar-refractivity contribution >= 4 is 6.01 Å². The Morgan fingerprint density at radius 3 is 2.64 bits per heavy atom. The van der Waals surface area contributed by atoms with Crippen molar-refractivity contribution < 1.29 is 13.9 Å². The van der Waals surface area contributed by atoms with Gasteiger partial charge in [-0.2, -0.15) is 0 Å². The lowest BCUT2D eigenvalue weighted by Crippen LogP contribution is -2.36. The van der Waals surface area contributed by atoms with E-state index in [1.807, 2.05) is 17.0 Å². The Labute approximate surface area is 130 Å². The van der Waals surface area contributed by atoms with Crippen LogP contribution in [0.5, 0.6) is 5.75 Å². The zero-order valence-corrected chi connectivity index (χ0v) is 13.2. The molecule has 0 amide bonds. The average molecular weight is 303 g/mol. The lowest BCUT2D eigenvalue weighted by molar-refractivity contribution is 0.120. The standard InChI is InChI=1S/C16H21N3O3/c1-11(2)13-5-4-12(10-14(13)20-3)15-17-18-16(22-15)19-6-8-21-9-7-19/h4-5,10-11H,6-9H2,1-3H3. The van der Waals surface area contributed by atoms with Crippen molar-refractivity contribution in [3.63, 3.8) is 0 Å². The number of benzene rings is 1. The van der Waals surface area contributed by atoms with E-state index in [0.717, 1.165) is 24.4 Å². The number of rotatable bonds is 4. The number of hydrogen-bond donors (Lipinski definition) is 0. The number of hydrogen-bond acceptors (Lipinski definition) is 6. The van der Waals surface area contributed by atoms with Gasteiger partial charge in [-0.15, -0.1) is 5.10 Å². The molecule has 118 valence electrons. The maximum atomic E-state index is 5.80. The summed E-state index contributed by atoms with van der Waals surface area (Å²) in [5.74, 6) is 1.75. The zero-order valence-electron chi connectivity index (χ0n) is 13.2. The molecule has 6 nitrogen and oxygen atoms in total. The Kier molecular flexibility index (Phi) is 4.29. The van der Waals surface area contributed by atoms with Crippen LogP contribution in [0.4, 0.5) is 6.01 Å². The summed E-state index contributed by atoms with van der Waals surface area (Å²) >= 11 is 0. The van der Waals surface area contributed by atoms with Crippen LogP contribution in [0.25, 0.3) is 11.5 Å². The van der Waals surface area contributed by atoms with Crippen LogP contribution in [0, 0.1) is 0 Å². The van der Waals surface area contributed by atoms with Crippen molar-refractivity contribution in [1.29, 1.82) is 0 Å². The maximum Gasteiger partial charge on any atom is 0.318 e. The van der Waals surface area contributed by atoms with Crippen LogP contribution in [-0.4, -0.2) is 43.6 Å². The number of methoxy groups -OCH3 is 1. The molecule has 0 aliphatic carbocycles. The van der Waals surface area contributed by atoms with Gasteiger partial charge in [0.1, 0.15) is 5.75 Å². The fourth-order valence-corrected chi connectivity index (χ4v) is 2.54. The van der Waals surface area contributed by atoms with E-state index in [0.29, 0.717) is 31.0 Å². The lowest BCUT2D eigenvalue weighted by Gasteiger charge is -2.24. The van der Waals surface area contributed by atoms with Gasteiger partial charge in [0.05, 0.1) is 20.3 Å². The van der Waals surface area contributed by atoms with Gasteiger partial charge in [0.2, 0.25) is 5.89 Å². The van der Waals surface area contributed by atoms with E-state index in [4.69, 9.17) is 13.9 Å². The Morgan fingerprint density at radius 1 is 1.18 bits per heavy atom. The van der Waals surface area contributed by atoms with Crippen molar-refractivity contribution in [3.8, 4) is 17.2 Å². The van der Waals surface area contributed by atoms with Crippen molar-refractivity contribution in [2.75, 3.05) is 38.3 Å². The van der Waals surface area contributed by atoms with Crippen LogP contribution < -0.4 is 9.64 Å². The summed E-state index contributed by atoms with van der Waals surface area (Å²) < 4.78 is 16.6. The number of nitrogens with zero attached hydrogens (tertiary/aromatic N) is 3. The van der Waals surface area contributed by atoms with Gasteiger partial charge in [-0.1, -0.05) is 25.0 Å². The third-order valence-electron chi connectivity index (χ3n) is 3.80. The molecule has 0 radical (unpaired) electrons. The molecule has 2 heterocycles. The predicted octanol–water partition coefficient (Wildman–Crippen LogP) is 2.71. The van der Waals surface area contributed by atoms with Crippen molar-refractivity contribution in [1.82, 2.24) is 10.2 Å². The first kappa shape index (κ1) is 14.8. The number of anilines is 1. The minimum Gasteiger partial charge on any atom is -0.496 e. The molecule has 1 aliphatic heterocycles. The molecule has 2 aromatic rings. The van der Waals surface area contributed by atoms with Gasteiger partial charge < -0.3 is 18.8 Å². The predicted molar refractivity (Wildman–Crippen MR) is 83.4 cm³/mol. The molecule has 1 saturated heterocycles. The van der Waals surface area contributed by atoms with E-state index >= 15 is 0 Å². The van der Waals surface area contributed by atoms with Gasteiger partial charge in [0, 0.05) is 18.7 Å². The first-order valence-electron chi connectivity index (χ1n) is 7.53. The second-order valence-corrected chi connectivity index (χ2v) is 5.60. The molecule has 1 aromatic heterocycles. The Bertz CT molecular complexity index is 633. The minimum atomic E-state index is 0.399. The normalized spacial score (nSPS) is 15.4. The van der Waals surface area contributed by atoms with Gasteiger partial charge in [0.25, 0.3) is 0 Å². The third-order valence-corrected chi connectivity index (χ3v) is 3.80. The highest BCUT2D eigenvalue weighted by Gasteiger charge is 2.19. The highest BCUT2D eigenvalue weighted by molar-refractivity contribution is 5.58. The molecule has 6 heteroatoms. The van der Waals surface area contributed by atoms with Gasteiger partial charge in [-0.3, -0.25) is 0 Å². The van der Waals surface area contributed by atoms with E-state index < -0.39 is 0 Å². The molecule has 0 saturated carbocycles. The van der Waals surface area contributed by atoms with Gasteiger partial charge in [-0.25, -0.2) is 0 Å². The third kappa shape index (κ3) is 2.92. The molecule has 0 spiro atoms. The van der Waals surface area contributed by atoms with E-state index in [2.05, 4.69) is 30.1 Å². The fourth-order valence-electron chi connectivity index (χ4n) is 2.54. The molecule has 0 atom stereocenters. The summed E-state index contributed by atoms with van der Waals surface area (Å²) in [4.78, 5) is 2.04. The number of morpholine rings is 1. The Morgan fingerprint density at radius 2 is 1.95 bits per heavy atom. The molecule has 0 bridgehead atoms. The minimum absolute atomic E-state index is 0.399. The molecule has 0 unspecified atom stereocenters. The first-order valence-corrected chi connectivity index (χ1v) is 7.53. The second kappa shape index (κ2) is 6.36. The molecule has 1 aliphatic rings. The van der Waals surface area contributed by atoms with Crippen molar-refractivity contribution in [3.05, 3.63) is 23.8 Å². The van der Waals surface area contributed by atoms with Gasteiger partial charge >= 0.3 is 6.01 Å². The maximum absolute atomic E-state index is 5.80. The fraction of sp³-hybridized carbons (Fsp3) is 0.500. The Hall–Kier alpha value is -2.08. The van der Waals surface area contributed by atoms with Crippen molar-refractivity contribution in [2.45, 2.75) is 19.8 Å². The monoisotopic (exact) mass is 303 g/mol. The van der Waals surface area contributed by atoms with E-state index in [1.165, 1.54) is 5.56 Å². The summed E-state index contributed by atoms with van der Waals surface area (Å²) in [5.41, 5.74) is 2.03. The first-order chi connectivity index (χ1) is 10.7. The van der Waals surface area contributed by atoms with Crippen LogP contribution in [0.3, 0.4) is 0 Å². The summed E-state index contributed by atoms with van der Waals surface area (Å²) in [6.45, 7) is 7.21. The summed E-state index contributed by atoms with van der Waals surface area (Å²) in [6, 6.07) is 6.54. The highest BCUT2D eigenvalue weighted by Crippen LogP contribution is 2.31. The molecular formula is C16H21N3O3. The second-order valence-electron chi connectivity index (χ2n) is 5.60. The van der Waals surface area contributed by atoms with Gasteiger partial charge in [-0.05, 0) is 23.6 Å². The lowest BCUT2D eigenvalue weighted by atomic mass is 10.0. The molecular weight excluding hydrogens is 282 g/mol. The molecule has 3 rings (SSSR count). The molecule has 22 heavy (non-hydrogen) atoms. The van der Waals surface area contributed by atoms with Crippen LogP contribution in [0.1, 0.15) is 25.3 Å². The summed E-state index contributed by atoms with van der Waals surface area (Å²) in [6.07, 6.45) is 0. The molecule has 1 fully saturated rings. The SMILES string of the molecule is COc1cc(-c2nnc(N3CCOCC3)o2)ccc1C(C)C. The van der Waals surface area contributed by atoms with Crippen LogP contribution in [0.15, 0.2) is 22.6 Å². The van der Waals surface area contributed by atoms with Crippen LogP contribution in [-0.2, 0) is 4.74 Å². The zero-order chi connectivity index (χ0) is 15.5. The van der Waals surface area contributed by atoms with Crippen molar-refractivity contribution in [2.24, 2.45) is 0 Å². The number of aromatic nitrogens is 2. The summed E-state index contributed by atoms with van der Waals surface area (Å²) in [5, 5.41) is 8.30. The topological polar surface area (TPSA) is 60.6 Å². The average Bonchev–Trinajstić information content (AvgIpc) is 3.05. The Balaban J connectivity index is 1.86. The smallest absolute Gasteiger partial charge is 0.318 e. The van der Waals surface area contributed by atoms with E-state index in [1.54, 1.807) is 7.11 Å².